The van der Waals surface area contributed by atoms with Crippen molar-refractivity contribution in [3.8, 4) is 33.5 Å². The number of amides is 4. The molecule has 3 aliphatic carbocycles. The monoisotopic (exact) mass is 1040 g/mol. The Bertz CT molecular complexity index is 3410. The smallest absolute Gasteiger partial charge is 0.408 e. The van der Waals surface area contributed by atoms with Crippen molar-refractivity contribution in [2.45, 2.75) is 116 Å². The molecule has 4 amide bonds. The van der Waals surface area contributed by atoms with Gasteiger partial charge in [-0.25, -0.2) is 19.6 Å². The number of carbonyl (C=O) groups is 4. The Morgan fingerprint density at radius 2 is 1.29 bits per heavy atom. The van der Waals surface area contributed by atoms with E-state index in [0.29, 0.717) is 58.1 Å². The molecule has 5 aliphatic rings. The number of hydrogen-bond acceptors (Lipinski definition) is 8. The molecule has 2 saturated heterocycles. The average Bonchev–Trinajstić information content (AvgIpc) is 4.24. The van der Waals surface area contributed by atoms with Gasteiger partial charge < -0.3 is 39.9 Å². The van der Waals surface area contributed by atoms with E-state index in [2.05, 4.69) is 20.6 Å². The molecule has 2 bridgehead atoms. The predicted octanol–water partition coefficient (Wildman–Crippen LogP) is 11.7. The zero-order valence-corrected chi connectivity index (χ0v) is 43.5. The average molecular weight is 1040 g/mol. The standard InChI is InChI=1S/C61H62F2N8O6/c1-34(2)51(68-58(74)76-31-36-11-7-5-8-12-36)56(72)70-33-60(23-24-60)29-50(70)54-64-30-49(67-54)40-17-21-44-43-20-16-38(26-45(43)61(62,63)46(44)27-40)39-18-22-47-48(28-39)66-55(65-47)53-41-15-19-42(25-41)71(53)57(73)52(35(3)4)69-59(75)77-32-37-13-9-6-10-14-37/h5-14,16-18,20-22,26-28,30,34-35,41-42,50-53H,15,19,23-25,29,31-33H2,1-4H3,(H,64,67)(H,65,66)(H,68,74)(H,69,75)/t41?,42?,50?,51?,52-,53-/m0/s1. The normalized spacial score (nSPS) is 21.1. The van der Waals surface area contributed by atoms with Crippen molar-refractivity contribution >= 4 is 35.0 Å². The van der Waals surface area contributed by atoms with Gasteiger partial charge in [-0.15, -0.1) is 0 Å². The number of likely N-dealkylation sites (tertiary alicyclic amines) is 2. The lowest BCUT2D eigenvalue weighted by atomic mass is 9.95. The third-order valence-corrected chi connectivity index (χ3v) is 16.8. The quantitative estimate of drug-likeness (QED) is 0.0832. The number of ether oxygens (including phenoxy) is 2. The van der Waals surface area contributed by atoms with Crippen LogP contribution in [0.25, 0.3) is 44.5 Å². The molecule has 4 N–H and O–H groups in total. The minimum absolute atomic E-state index is 0.0164. The Hall–Kier alpha value is -7.88. The Kier molecular flexibility index (Phi) is 12.7. The van der Waals surface area contributed by atoms with Crippen molar-refractivity contribution in [3.05, 3.63) is 155 Å². The Balaban J connectivity index is 0.747. The number of imidazole rings is 2. The summed E-state index contributed by atoms with van der Waals surface area (Å²) in [5, 5.41) is 5.68. The molecule has 16 heteroatoms. The first-order valence-corrected chi connectivity index (χ1v) is 26.9. The van der Waals surface area contributed by atoms with Gasteiger partial charge >= 0.3 is 12.2 Å². The fourth-order valence-corrected chi connectivity index (χ4v) is 12.5. The van der Waals surface area contributed by atoms with Crippen LogP contribution >= 0.6 is 0 Å². The maximum atomic E-state index is 16.9. The number of piperidine rings is 1. The number of H-pyrrole nitrogens is 2. The molecule has 7 aromatic rings. The molecule has 4 heterocycles. The minimum atomic E-state index is -3.31. The molecule has 4 unspecified atom stereocenters. The van der Waals surface area contributed by atoms with Gasteiger partial charge in [-0.05, 0) is 119 Å². The van der Waals surface area contributed by atoms with E-state index in [1.54, 1.807) is 24.4 Å². The van der Waals surface area contributed by atoms with Crippen molar-refractivity contribution in [1.82, 2.24) is 40.4 Å². The molecule has 2 saturated carbocycles. The summed E-state index contributed by atoms with van der Waals surface area (Å²) < 4.78 is 44.7. The first kappa shape index (κ1) is 50.0. The van der Waals surface area contributed by atoms with Crippen LogP contribution in [0.5, 0.6) is 0 Å². The molecule has 14 nitrogen and oxygen atoms in total. The molecule has 1 spiro atoms. The number of benzene rings is 5. The Morgan fingerprint density at radius 1 is 0.701 bits per heavy atom. The number of halogens is 2. The Labute approximate surface area is 445 Å². The highest BCUT2D eigenvalue weighted by Crippen LogP contribution is 2.59. The first-order valence-electron chi connectivity index (χ1n) is 26.9. The zero-order chi connectivity index (χ0) is 53.3. The summed E-state index contributed by atoms with van der Waals surface area (Å²) in [4.78, 5) is 75.3. The van der Waals surface area contributed by atoms with E-state index in [4.69, 9.17) is 19.4 Å². The predicted molar refractivity (Wildman–Crippen MR) is 286 cm³/mol. The van der Waals surface area contributed by atoms with Crippen LogP contribution < -0.4 is 10.6 Å². The summed E-state index contributed by atoms with van der Waals surface area (Å²) in [5.74, 6) is -2.69. The molecule has 2 aromatic heterocycles. The molecule has 396 valence electrons. The summed E-state index contributed by atoms with van der Waals surface area (Å²) in [6.45, 7) is 8.30. The lowest BCUT2D eigenvalue weighted by Gasteiger charge is -2.37. The number of nitrogens with zero attached hydrogens (tertiary/aromatic N) is 4. The molecular formula is C61H62F2N8O6. The fraction of sp³-hybridized carbons (Fsp3) is 0.377. The number of aromatic amines is 2. The van der Waals surface area contributed by atoms with Crippen molar-refractivity contribution in [1.29, 1.82) is 0 Å². The van der Waals surface area contributed by atoms with Crippen LogP contribution in [-0.2, 0) is 38.2 Å². The van der Waals surface area contributed by atoms with Crippen molar-refractivity contribution in [3.63, 3.8) is 0 Å². The topological polar surface area (TPSA) is 175 Å². The molecule has 77 heavy (non-hydrogen) atoms. The maximum Gasteiger partial charge on any atom is 0.408 e. The first-order chi connectivity index (χ1) is 37.1. The molecular weight excluding hydrogens is 979 g/mol. The maximum absolute atomic E-state index is 16.9. The summed E-state index contributed by atoms with van der Waals surface area (Å²) in [6.07, 6.45) is 5.67. The summed E-state index contributed by atoms with van der Waals surface area (Å²) in [5.41, 5.74) is 6.28. The van der Waals surface area contributed by atoms with E-state index in [0.717, 1.165) is 54.3 Å². The van der Waals surface area contributed by atoms with Gasteiger partial charge in [0.25, 0.3) is 5.92 Å². The lowest BCUT2D eigenvalue weighted by molar-refractivity contribution is -0.139. The second-order valence-electron chi connectivity index (χ2n) is 22.6. The number of alkyl carbamates (subject to hydrolysis) is 2. The molecule has 12 rings (SSSR count). The van der Waals surface area contributed by atoms with Crippen molar-refractivity contribution < 1.29 is 37.4 Å². The van der Waals surface area contributed by atoms with Gasteiger partial charge in [-0.2, -0.15) is 8.78 Å². The van der Waals surface area contributed by atoms with Crippen LogP contribution in [-0.4, -0.2) is 78.4 Å². The second-order valence-corrected chi connectivity index (χ2v) is 22.6. The van der Waals surface area contributed by atoms with Crippen LogP contribution in [0.2, 0.25) is 0 Å². The van der Waals surface area contributed by atoms with Gasteiger partial charge in [-0.1, -0.05) is 119 Å². The fourth-order valence-electron chi connectivity index (χ4n) is 12.5. The highest BCUT2D eigenvalue weighted by Gasteiger charge is 2.56. The summed E-state index contributed by atoms with van der Waals surface area (Å²) >= 11 is 0. The number of fused-ring (bicyclic) bond motifs is 6. The molecule has 4 fully saturated rings. The van der Waals surface area contributed by atoms with Crippen molar-refractivity contribution in [2.75, 3.05) is 6.54 Å². The van der Waals surface area contributed by atoms with Gasteiger partial charge in [0.15, 0.2) is 0 Å². The van der Waals surface area contributed by atoms with Gasteiger partial charge in [0.1, 0.15) is 36.9 Å². The lowest BCUT2D eigenvalue weighted by Crippen LogP contribution is -2.54. The van der Waals surface area contributed by atoms with Crippen molar-refractivity contribution in [2.24, 2.45) is 23.2 Å². The molecule has 2 aliphatic heterocycles. The summed E-state index contributed by atoms with van der Waals surface area (Å²) in [6, 6.07) is 32.4. The van der Waals surface area contributed by atoms with Gasteiger partial charge in [0.2, 0.25) is 11.8 Å². The number of nitrogens with one attached hydrogen (secondary N) is 4. The van der Waals surface area contributed by atoms with E-state index in [1.807, 2.05) is 128 Å². The zero-order valence-electron chi connectivity index (χ0n) is 43.5. The van der Waals surface area contributed by atoms with Crippen LogP contribution in [0.1, 0.15) is 112 Å². The third-order valence-electron chi connectivity index (χ3n) is 16.8. The van der Waals surface area contributed by atoms with Crippen LogP contribution in [0.4, 0.5) is 18.4 Å². The van der Waals surface area contributed by atoms with E-state index in [-0.39, 0.29) is 77.4 Å². The van der Waals surface area contributed by atoms with Crippen LogP contribution in [0.3, 0.4) is 0 Å². The highest BCUT2D eigenvalue weighted by atomic mass is 19.3. The van der Waals surface area contributed by atoms with Gasteiger partial charge in [-0.3, -0.25) is 9.59 Å². The van der Waals surface area contributed by atoms with E-state index in [9.17, 15) is 19.2 Å². The van der Waals surface area contributed by atoms with E-state index >= 15 is 8.78 Å². The number of rotatable bonds is 14. The Morgan fingerprint density at radius 3 is 1.91 bits per heavy atom. The van der Waals surface area contributed by atoms with E-state index in [1.165, 1.54) is 6.07 Å². The summed E-state index contributed by atoms with van der Waals surface area (Å²) in [7, 11) is 0. The van der Waals surface area contributed by atoms with Crippen LogP contribution in [0, 0.1) is 23.2 Å². The number of alkyl halides is 2. The third kappa shape index (κ3) is 9.39. The molecule has 6 atom stereocenters. The largest absolute Gasteiger partial charge is 0.445 e. The highest BCUT2D eigenvalue weighted by molar-refractivity contribution is 5.89. The minimum Gasteiger partial charge on any atom is -0.445 e. The van der Waals surface area contributed by atoms with Gasteiger partial charge in [0, 0.05) is 29.3 Å². The number of aromatic nitrogens is 4. The second kappa shape index (κ2) is 19.6. The van der Waals surface area contributed by atoms with Gasteiger partial charge in [0.05, 0.1) is 35.0 Å². The molecule has 0 radical (unpaired) electrons. The number of carbonyl (C=O) groups excluding carboxylic acids is 4. The SMILES string of the molecule is CC(C)C(NC(=O)OCc1ccccc1)C(=O)N1CC2(CC2)CC1c1ncc(-c2ccc3c(c2)C(F)(F)c2cc(-c4ccc5nc([C@@H]6C7CCC(C7)N6C(=O)[C@@H](NC(=O)OCc6ccccc6)C(C)C)[nH]c5c4)ccc2-3)[nH]1. The number of hydrogen-bond donors (Lipinski definition) is 4. The van der Waals surface area contributed by atoms with Crippen LogP contribution in [0.15, 0.2) is 121 Å². The van der Waals surface area contributed by atoms with E-state index < -0.39 is 30.2 Å². The molecule has 5 aromatic carbocycles.